The molecular formula is C48H32N2. The molecule has 0 bridgehead atoms. The van der Waals surface area contributed by atoms with Gasteiger partial charge in [0.1, 0.15) is 0 Å². The highest BCUT2D eigenvalue weighted by Gasteiger charge is 2.17. The Hall–Kier alpha value is -6.64. The van der Waals surface area contributed by atoms with E-state index in [1.165, 1.54) is 0 Å². The molecule has 0 atom stereocenters. The third kappa shape index (κ3) is 4.57. The second kappa shape index (κ2) is 11.5. The van der Waals surface area contributed by atoms with Gasteiger partial charge in [0, 0.05) is 32.9 Å². The van der Waals surface area contributed by atoms with Gasteiger partial charge in [0.25, 0.3) is 0 Å². The predicted molar refractivity (Wildman–Crippen MR) is 211 cm³/mol. The zero-order valence-corrected chi connectivity index (χ0v) is 26.8. The van der Waals surface area contributed by atoms with Crippen LogP contribution < -0.4 is 0 Å². The first kappa shape index (κ1) is 22.1. The van der Waals surface area contributed by atoms with Crippen molar-refractivity contribution in [2.45, 2.75) is 0 Å². The molecule has 2 nitrogen and oxygen atoms in total. The van der Waals surface area contributed by atoms with Crippen LogP contribution in [0.15, 0.2) is 194 Å². The number of para-hydroxylation sites is 3. The van der Waals surface area contributed by atoms with E-state index in [2.05, 4.69) is 71.3 Å². The van der Waals surface area contributed by atoms with Crippen LogP contribution in [0.4, 0.5) is 0 Å². The molecule has 0 aliphatic rings. The van der Waals surface area contributed by atoms with Gasteiger partial charge in [-0.25, -0.2) is 0 Å². The Balaban J connectivity index is 1.23. The molecule has 2 aromatic heterocycles. The molecule has 2 heteroatoms. The molecule has 0 saturated heterocycles. The molecule has 0 aliphatic heterocycles. The first-order valence-corrected chi connectivity index (χ1v) is 16.6. The molecule has 10 rings (SSSR count). The summed E-state index contributed by atoms with van der Waals surface area (Å²) in [6, 6.07) is 48.6. The standard InChI is InChI=1S/C48H32N2/c1-4-13-33(14-5-1)34-15-12-16-35(29-34)38-23-26-42-44-31-37(25-28-47(44)50(48(42)32-38)40-19-8-3-9-20-40)36-24-27-46-43(30-36)41-21-10-11-22-45(41)49(46)39-17-6-2-7-18-39/h1-32H/i10D,11D,21D,22D,24D,27D,30D. The van der Waals surface area contributed by atoms with Crippen molar-refractivity contribution in [3.63, 3.8) is 0 Å². The molecule has 0 spiro atoms. The Morgan fingerprint density at radius 1 is 0.320 bits per heavy atom. The molecule has 10 aromatic rings. The summed E-state index contributed by atoms with van der Waals surface area (Å²) in [6.07, 6.45) is 0. The molecule has 0 aliphatic carbocycles. The zero-order chi connectivity index (χ0) is 39.1. The van der Waals surface area contributed by atoms with E-state index >= 15 is 0 Å². The Bertz CT molecular complexity index is 3240. The fourth-order valence-electron chi connectivity index (χ4n) is 7.21. The van der Waals surface area contributed by atoms with Gasteiger partial charge in [-0.2, -0.15) is 0 Å². The van der Waals surface area contributed by atoms with Crippen molar-refractivity contribution in [2.75, 3.05) is 0 Å². The molecule has 0 N–H and O–H groups in total. The third-order valence-electron chi connectivity index (χ3n) is 9.54. The summed E-state index contributed by atoms with van der Waals surface area (Å²) >= 11 is 0. The summed E-state index contributed by atoms with van der Waals surface area (Å²) in [5.41, 5.74) is 9.09. The van der Waals surface area contributed by atoms with Crippen molar-refractivity contribution < 1.29 is 9.60 Å². The van der Waals surface area contributed by atoms with Crippen LogP contribution in [-0.4, -0.2) is 9.13 Å². The highest BCUT2D eigenvalue weighted by Crippen LogP contribution is 2.39. The van der Waals surface area contributed by atoms with E-state index in [0.29, 0.717) is 11.3 Å². The van der Waals surface area contributed by atoms with Gasteiger partial charge in [0.05, 0.1) is 31.7 Å². The molecule has 0 fully saturated rings. The highest BCUT2D eigenvalue weighted by molar-refractivity contribution is 6.13. The van der Waals surface area contributed by atoms with Crippen LogP contribution in [0.1, 0.15) is 9.60 Å². The average Bonchev–Trinajstić information content (AvgIpc) is 3.79. The quantitative estimate of drug-likeness (QED) is 0.177. The SMILES string of the molecule is [2H]c1c([2H])c([2H])c2c(c1[2H])c1c([2H])c(-c3ccc4c(c3)c3ccc(-c5cccc(-c6ccccc6)c5)cc3n4-c3ccccc3)c([2H])c([2H])c1n2-c1ccccc1. The van der Waals surface area contributed by atoms with E-state index in [0.717, 1.165) is 49.7 Å². The van der Waals surface area contributed by atoms with Gasteiger partial charge in [-0.1, -0.05) is 127 Å². The van der Waals surface area contributed by atoms with E-state index < -0.39 is 12.1 Å². The lowest BCUT2D eigenvalue weighted by atomic mass is 9.97. The van der Waals surface area contributed by atoms with Crippen molar-refractivity contribution in [3.05, 3.63) is 194 Å². The fraction of sp³-hybridized carbons (Fsp3) is 0. The molecule has 0 unspecified atom stereocenters. The lowest BCUT2D eigenvalue weighted by Crippen LogP contribution is -1.93. The summed E-state index contributed by atoms with van der Waals surface area (Å²) in [6.45, 7) is 0. The van der Waals surface area contributed by atoms with Gasteiger partial charge in [-0.05, 0) is 100 Å². The van der Waals surface area contributed by atoms with Crippen LogP contribution in [0.25, 0.3) is 88.4 Å². The van der Waals surface area contributed by atoms with Crippen LogP contribution in [0.3, 0.4) is 0 Å². The maximum Gasteiger partial charge on any atom is 0.0645 e. The van der Waals surface area contributed by atoms with Crippen molar-refractivity contribution in [1.29, 1.82) is 0 Å². The number of hydrogen-bond donors (Lipinski definition) is 0. The smallest absolute Gasteiger partial charge is 0.0645 e. The topological polar surface area (TPSA) is 9.86 Å². The number of rotatable bonds is 5. The minimum absolute atomic E-state index is 0.0672. The van der Waals surface area contributed by atoms with Gasteiger partial charge < -0.3 is 9.13 Å². The second-order valence-corrected chi connectivity index (χ2v) is 12.4. The number of nitrogens with zero attached hydrogens (tertiary/aromatic N) is 2. The fourth-order valence-corrected chi connectivity index (χ4v) is 7.21. The molecule has 50 heavy (non-hydrogen) atoms. The van der Waals surface area contributed by atoms with Crippen LogP contribution in [-0.2, 0) is 0 Å². The monoisotopic (exact) mass is 643 g/mol. The summed E-state index contributed by atoms with van der Waals surface area (Å²) in [5, 5.41) is 2.27. The predicted octanol–water partition coefficient (Wildman–Crippen LogP) is 12.9. The van der Waals surface area contributed by atoms with E-state index in [9.17, 15) is 4.11 Å². The first-order chi connectivity index (χ1) is 27.7. The highest BCUT2D eigenvalue weighted by atomic mass is 15.0. The Morgan fingerprint density at radius 3 is 1.66 bits per heavy atom. The Labute approximate surface area is 300 Å². The van der Waals surface area contributed by atoms with Gasteiger partial charge in [-0.15, -0.1) is 0 Å². The number of hydrogen-bond acceptors (Lipinski definition) is 0. The number of aromatic nitrogens is 2. The molecule has 0 radical (unpaired) electrons. The van der Waals surface area contributed by atoms with E-state index in [4.69, 9.17) is 5.48 Å². The first-order valence-electron chi connectivity index (χ1n) is 20.1. The molecule has 8 aromatic carbocycles. The van der Waals surface area contributed by atoms with Gasteiger partial charge in [0.2, 0.25) is 0 Å². The molecule has 234 valence electrons. The number of benzene rings is 8. The van der Waals surface area contributed by atoms with E-state index in [1.807, 2.05) is 72.8 Å². The van der Waals surface area contributed by atoms with Crippen LogP contribution in [0.5, 0.6) is 0 Å². The van der Waals surface area contributed by atoms with Crippen molar-refractivity contribution in [1.82, 2.24) is 9.13 Å². The summed E-state index contributed by atoms with van der Waals surface area (Å²) < 4.78 is 67.3. The maximum absolute atomic E-state index is 9.70. The Kier molecular flexibility index (Phi) is 5.08. The van der Waals surface area contributed by atoms with Gasteiger partial charge in [-0.3, -0.25) is 0 Å². The second-order valence-electron chi connectivity index (χ2n) is 12.4. The lowest BCUT2D eigenvalue weighted by Gasteiger charge is -2.10. The largest absolute Gasteiger partial charge is 0.309 e. The van der Waals surface area contributed by atoms with Gasteiger partial charge >= 0.3 is 0 Å². The summed E-state index contributed by atoms with van der Waals surface area (Å²) in [4.78, 5) is 0. The average molecular weight is 644 g/mol. The lowest BCUT2D eigenvalue weighted by molar-refractivity contribution is 1.18. The molecular weight excluding hydrogens is 605 g/mol. The third-order valence-corrected chi connectivity index (χ3v) is 9.54. The Morgan fingerprint density at radius 2 is 0.900 bits per heavy atom. The zero-order valence-electron chi connectivity index (χ0n) is 33.8. The minimum atomic E-state index is -0.414. The summed E-state index contributed by atoms with van der Waals surface area (Å²) in [7, 11) is 0. The van der Waals surface area contributed by atoms with Crippen molar-refractivity contribution >= 4 is 43.6 Å². The molecule has 2 heterocycles. The molecule has 0 amide bonds. The number of fused-ring (bicyclic) bond motifs is 6. The van der Waals surface area contributed by atoms with Crippen molar-refractivity contribution in [2.24, 2.45) is 0 Å². The maximum atomic E-state index is 9.70. The normalized spacial score (nSPS) is 13.6. The van der Waals surface area contributed by atoms with Crippen LogP contribution in [0.2, 0.25) is 0 Å². The summed E-state index contributed by atoms with van der Waals surface area (Å²) in [5.74, 6) is 0. The van der Waals surface area contributed by atoms with Crippen LogP contribution in [0, 0.1) is 0 Å². The van der Waals surface area contributed by atoms with E-state index in [1.54, 1.807) is 16.7 Å². The van der Waals surface area contributed by atoms with Crippen LogP contribution >= 0.6 is 0 Å². The van der Waals surface area contributed by atoms with Crippen molar-refractivity contribution in [3.8, 4) is 44.8 Å². The molecule has 0 saturated carbocycles. The van der Waals surface area contributed by atoms with Gasteiger partial charge in [0.15, 0.2) is 0 Å². The minimum Gasteiger partial charge on any atom is -0.309 e. The van der Waals surface area contributed by atoms with E-state index in [-0.39, 0.29) is 57.6 Å².